The lowest BCUT2D eigenvalue weighted by Gasteiger charge is -2.08. The van der Waals surface area contributed by atoms with E-state index in [0.29, 0.717) is 5.56 Å². The van der Waals surface area contributed by atoms with Crippen LogP contribution in [0.2, 0.25) is 0 Å². The molecule has 0 spiro atoms. The normalized spacial score (nSPS) is 10.1. The smallest absolute Gasteiger partial charge is 0.338 e. The quantitative estimate of drug-likeness (QED) is 0.635. The molecule has 0 fully saturated rings. The highest BCUT2D eigenvalue weighted by Gasteiger charge is 2.20. The van der Waals surface area contributed by atoms with E-state index < -0.39 is 17.2 Å². The Bertz CT molecular complexity index is 746. The predicted molar refractivity (Wildman–Crippen MR) is 77.0 cm³/mol. The number of methoxy groups -OCH3 is 2. The molecule has 0 N–H and O–H groups in total. The van der Waals surface area contributed by atoms with Gasteiger partial charge in [0.25, 0.3) is 5.24 Å². The molecule has 2 aromatic rings. The molecule has 6 nitrogen and oxygen atoms in total. The number of esters is 2. The van der Waals surface area contributed by atoms with Crippen LogP contribution in [0.25, 0.3) is 11.3 Å². The van der Waals surface area contributed by atoms with Crippen molar-refractivity contribution in [1.82, 2.24) is 0 Å². The third kappa shape index (κ3) is 3.01. The summed E-state index contributed by atoms with van der Waals surface area (Å²) in [7, 11) is 2.48. The summed E-state index contributed by atoms with van der Waals surface area (Å²) in [5, 5.41) is -0.769. The molecule has 0 bridgehead atoms. The molecule has 0 aliphatic heterocycles. The predicted octanol–water partition coefficient (Wildman–Crippen LogP) is 2.90. The fraction of sp³-hybridized carbons (Fsp3) is 0.133. The average molecular weight is 323 g/mol. The van der Waals surface area contributed by atoms with E-state index in [2.05, 4.69) is 9.47 Å². The van der Waals surface area contributed by atoms with Crippen LogP contribution in [-0.4, -0.2) is 31.4 Å². The lowest BCUT2D eigenvalue weighted by molar-refractivity contribution is 0.0587. The van der Waals surface area contributed by atoms with Gasteiger partial charge in [0.15, 0.2) is 5.76 Å². The molecule has 22 heavy (non-hydrogen) atoms. The van der Waals surface area contributed by atoms with Crippen LogP contribution in [0, 0.1) is 0 Å². The molecule has 2 rings (SSSR count). The van der Waals surface area contributed by atoms with Gasteiger partial charge in [-0.25, -0.2) is 9.59 Å². The largest absolute Gasteiger partial charge is 0.465 e. The monoisotopic (exact) mass is 322 g/mol. The Morgan fingerprint density at radius 2 is 1.68 bits per heavy atom. The maximum atomic E-state index is 11.8. The van der Waals surface area contributed by atoms with Gasteiger partial charge in [0.2, 0.25) is 0 Å². The first kappa shape index (κ1) is 15.8. The molecule has 0 unspecified atom stereocenters. The molecule has 0 saturated heterocycles. The molecule has 1 aromatic carbocycles. The van der Waals surface area contributed by atoms with Crippen LogP contribution in [0.4, 0.5) is 0 Å². The molecule has 1 heterocycles. The van der Waals surface area contributed by atoms with Crippen LogP contribution < -0.4 is 0 Å². The van der Waals surface area contributed by atoms with Gasteiger partial charge in [-0.05, 0) is 41.9 Å². The highest BCUT2D eigenvalue weighted by molar-refractivity contribution is 6.67. The van der Waals surface area contributed by atoms with E-state index in [4.69, 9.17) is 16.0 Å². The molecule has 7 heteroatoms. The van der Waals surface area contributed by atoms with Gasteiger partial charge >= 0.3 is 11.9 Å². The highest BCUT2D eigenvalue weighted by atomic mass is 35.5. The first-order valence-corrected chi connectivity index (χ1v) is 6.46. The van der Waals surface area contributed by atoms with Crippen molar-refractivity contribution in [1.29, 1.82) is 0 Å². The molecule has 0 saturated carbocycles. The first-order valence-electron chi connectivity index (χ1n) is 6.08. The first-order chi connectivity index (χ1) is 10.5. The maximum Gasteiger partial charge on any atom is 0.338 e. The minimum Gasteiger partial charge on any atom is -0.465 e. The lowest BCUT2D eigenvalue weighted by Crippen LogP contribution is -2.07. The lowest BCUT2D eigenvalue weighted by atomic mass is 10.0. The van der Waals surface area contributed by atoms with Crippen LogP contribution in [0.5, 0.6) is 0 Å². The second kappa shape index (κ2) is 6.44. The number of benzene rings is 1. The van der Waals surface area contributed by atoms with Gasteiger partial charge in [-0.1, -0.05) is 0 Å². The topological polar surface area (TPSA) is 82.8 Å². The van der Waals surface area contributed by atoms with Crippen LogP contribution in [0.15, 0.2) is 34.7 Å². The van der Waals surface area contributed by atoms with E-state index in [1.165, 1.54) is 44.6 Å². The zero-order chi connectivity index (χ0) is 16.3. The van der Waals surface area contributed by atoms with Crippen molar-refractivity contribution in [2.75, 3.05) is 14.2 Å². The summed E-state index contributed by atoms with van der Waals surface area (Å²) >= 11 is 5.34. The maximum absolute atomic E-state index is 11.8. The fourth-order valence-corrected chi connectivity index (χ4v) is 1.97. The number of ether oxygens (including phenoxy) is 2. The number of halogens is 1. The van der Waals surface area contributed by atoms with Crippen molar-refractivity contribution >= 4 is 28.8 Å². The highest BCUT2D eigenvalue weighted by Crippen LogP contribution is 2.28. The molecule has 0 amide bonds. The van der Waals surface area contributed by atoms with Crippen molar-refractivity contribution in [3.63, 3.8) is 0 Å². The van der Waals surface area contributed by atoms with Gasteiger partial charge in [-0.15, -0.1) is 0 Å². The van der Waals surface area contributed by atoms with Gasteiger partial charge < -0.3 is 13.9 Å². The Hall–Kier alpha value is -2.60. The van der Waals surface area contributed by atoms with Gasteiger partial charge in [0.1, 0.15) is 5.76 Å². The number of carbonyl (C=O) groups is 3. The van der Waals surface area contributed by atoms with Crippen molar-refractivity contribution < 1.29 is 28.3 Å². The van der Waals surface area contributed by atoms with E-state index in [-0.39, 0.29) is 22.6 Å². The molecule has 0 radical (unpaired) electrons. The van der Waals surface area contributed by atoms with Crippen LogP contribution in [-0.2, 0) is 9.47 Å². The van der Waals surface area contributed by atoms with Crippen molar-refractivity contribution in [2.45, 2.75) is 0 Å². The Labute approximate surface area is 130 Å². The van der Waals surface area contributed by atoms with Crippen molar-refractivity contribution in [3.8, 4) is 11.3 Å². The van der Waals surface area contributed by atoms with Gasteiger partial charge in [-0.3, -0.25) is 4.79 Å². The summed E-state index contributed by atoms with van der Waals surface area (Å²) in [4.78, 5) is 34.5. The summed E-state index contributed by atoms with van der Waals surface area (Å²) in [5.41, 5.74) is 0.692. The number of hydrogen-bond acceptors (Lipinski definition) is 6. The minimum atomic E-state index is -0.769. The molecule has 1 aromatic heterocycles. The Morgan fingerprint density at radius 3 is 2.23 bits per heavy atom. The van der Waals surface area contributed by atoms with E-state index in [1.807, 2.05) is 0 Å². The second-order valence-electron chi connectivity index (χ2n) is 4.18. The molecule has 114 valence electrons. The van der Waals surface area contributed by atoms with Crippen molar-refractivity contribution in [2.24, 2.45) is 0 Å². The van der Waals surface area contributed by atoms with E-state index >= 15 is 0 Å². The molecule has 0 atom stereocenters. The average Bonchev–Trinajstić information content (AvgIpc) is 3.02. The number of hydrogen-bond donors (Lipinski definition) is 0. The molecule has 0 aliphatic carbocycles. The second-order valence-corrected chi connectivity index (χ2v) is 4.52. The van der Waals surface area contributed by atoms with Gasteiger partial charge in [-0.2, -0.15) is 0 Å². The van der Waals surface area contributed by atoms with Crippen LogP contribution >= 0.6 is 11.6 Å². The number of carbonyl (C=O) groups excluding carboxylic acids is 3. The third-order valence-corrected chi connectivity index (χ3v) is 3.10. The van der Waals surface area contributed by atoms with Gasteiger partial charge in [0.05, 0.1) is 25.3 Å². The van der Waals surface area contributed by atoms with Crippen LogP contribution in [0.1, 0.15) is 31.3 Å². The summed E-state index contributed by atoms with van der Waals surface area (Å²) < 4.78 is 14.6. The SMILES string of the molecule is COC(=O)c1ccc(C(=O)OC)c(-c2ccc(C(=O)Cl)o2)c1. The van der Waals surface area contributed by atoms with E-state index in [1.54, 1.807) is 0 Å². The molecular weight excluding hydrogens is 312 g/mol. The molecular formula is C15H11ClO6. The zero-order valence-electron chi connectivity index (χ0n) is 11.7. The van der Waals surface area contributed by atoms with Crippen molar-refractivity contribution in [3.05, 3.63) is 47.2 Å². The number of rotatable bonds is 4. The zero-order valence-corrected chi connectivity index (χ0v) is 12.5. The summed E-state index contributed by atoms with van der Waals surface area (Å²) in [6.07, 6.45) is 0. The van der Waals surface area contributed by atoms with E-state index in [0.717, 1.165) is 0 Å². The van der Waals surface area contributed by atoms with Gasteiger partial charge in [0, 0.05) is 5.56 Å². The van der Waals surface area contributed by atoms with E-state index in [9.17, 15) is 14.4 Å². The third-order valence-electron chi connectivity index (χ3n) is 2.91. The Morgan fingerprint density at radius 1 is 1.00 bits per heavy atom. The summed E-state index contributed by atoms with van der Waals surface area (Å²) in [6.45, 7) is 0. The Balaban J connectivity index is 2.60. The van der Waals surface area contributed by atoms with Crippen LogP contribution in [0.3, 0.4) is 0 Å². The minimum absolute atomic E-state index is 0.0732. The fourth-order valence-electron chi connectivity index (χ4n) is 1.87. The Kier molecular flexibility index (Phi) is 4.62. The molecule has 0 aliphatic rings. The standard InChI is InChI=1S/C15H11ClO6/c1-20-14(18)8-3-4-9(15(19)21-2)10(7-8)11-5-6-12(22-11)13(16)17/h3-7H,1-2H3. The summed E-state index contributed by atoms with van der Waals surface area (Å²) in [5.74, 6) is -1.05. The summed E-state index contributed by atoms with van der Waals surface area (Å²) in [6, 6.07) is 7.10. The number of furan rings is 1.